The number of aliphatic imine (C=N–C) groups is 1. The molecular formula is C20H32IN3O2. The van der Waals surface area contributed by atoms with Crippen LogP contribution < -0.4 is 10.1 Å². The maximum atomic E-state index is 5.61. The Morgan fingerprint density at radius 1 is 1.12 bits per heavy atom. The van der Waals surface area contributed by atoms with Crippen LogP contribution in [0.4, 0.5) is 0 Å². The second-order valence-corrected chi connectivity index (χ2v) is 7.10. The molecule has 1 saturated carbocycles. The van der Waals surface area contributed by atoms with E-state index in [0.29, 0.717) is 13.2 Å². The lowest BCUT2D eigenvalue weighted by Gasteiger charge is -2.22. The molecule has 6 heteroatoms. The van der Waals surface area contributed by atoms with E-state index >= 15 is 0 Å². The van der Waals surface area contributed by atoms with Gasteiger partial charge in [-0.05, 0) is 42.4 Å². The molecule has 1 aromatic rings. The highest BCUT2D eigenvalue weighted by atomic mass is 127. The van der Waals surface area contributed by atoms with Crippen molar-refractivity contribution in [3.63, 3.8) is 0 Å². The fourth-order valence-corrected chi connectivity index (χ4v) is 4.04. The van der Waals surface area contributed by atoms with Gasteiger partial charge in [0.2, 0.25) is 0 Å². The number of hydrogen-bond donors (Lipinski definition) is 1. The van der Waals surface area contributed by atoms with Gasteiger partial charge in [0.25, 0.3) is 0 Å². The Labute approximate surface area is 174 Å². The number of nitrogens with one attached hydrogen (secondary N) is 1. The number of hydrogen-bond acceptors (Lipinski definition) is 3. The van der Waals surface area contributed by atoms with Gasteiger partial charge in [0.15, 0.2) is 5.96 Å². The minimum atomic E-state index is 0. The van der Waals surface area contributed by atoms with Crippen LogP contribution in [0, 0.1) is 11.8 Å². The van der Waals surface area contributed by atoms with Crippen LogP contribution in [-0.2, 0) is 11.3 Å². The van der Waals surface area contributed by atoms with Gasteiger partial charge < -0.3 is 19.7 Å². The van der Waals surface area contributed by atoms with Crippen LogP contribution in [0.2, 0.25) is 0 Å². The largest absolute Gasteiger partial charge is 0.491 e. The first kappa shape index (κ1) is 21.3. The monoisotopic (exact) mass is 473 g/mol. The lowest BCUT2D eigenvalue weighted by atomic mass is 9.82. The van der Waals surface area contributed by atoms with E-state index in [2.05, 4.69) is 27.3 Å². The molecule has 26 heavy (non-hydrogen) atoms. The number of methoxy groups -OCH3 is 1. The smallest absolute Gasteiger partial charge is 0.193 e. The van der Waals surface area contributed by atoms with E-state index in [1.807, 2.05) is 19.2 Å². The molecule has 2 atom stereocenters. The number of nitrogens with zero attached hydrogens (tertiary/aromatic N) is 2. The Morgan fingerprint density at radius 2 is 1.77 bits per heavy atom. The molecular weight excluding hydrogens is 441 g/mol. The number of halogens is 1. The number of benzene rings is 1. The van der Waals surface area contributed by atoms with Gasteiger partial charge in [-0.1, -0.05) is 25.0 Å². The first-order chi connectivity index (χ1) is 12.3. The molecule has 1 saturated heterocycles. The minimum absolute atomic E-state index is 0. The minimum Gasteiger partial charge on any atom is -0.491 e. The summed E-state index contributed by atoms with van der Waals surface area (Å²) in [5, 5.41) is 3.52. The molecule has 3 rings (SSSR count). The van der Waals surface area contributed by atoms with Gasteiger partial charge in [0.05, 0.1) is 6.61 Å². The number of likely N-dealkylation sites (tertiary alicyclic amines) is 1. The predicted molar refractivity (Wildman–Crippen MR) is 116 cm³/mol. The Bertz CT molecular complexity index is 551. The predicted octanol–water partition coefficient (Wildman–Crippen LogP) is 3.53. The normalized spacial score (nSPS) is 22.5. The zero-order valence-corrected chi connectivity index (χ0v) is 18.3. The lowest BCUT2D eigenvalue weighted by Crippen LogP contribution is -2.39. The summed E-state index contributed by atoms with van der Waals surface area (Å²) in [6.07, 6.45) is 5.59. The molecule has 1 aromatic carbocycles. The topological polar surface area (TPSA) is 46.1 Å². The SMILES string of the molecule is CN=C(NCc1ccc(OCCOC)cc1)N1CC2CCCCC2C1.I. The maximum absolute atomic E-state index is 5.61. The van der Waals surface area contributed by atoms with Crippen molar-refractivity contribution < 1.29 is 9.47 Å². The molecule has 0 radical (unpaired) electrons. The quantitative estimate of drug-likeness (QED) is 0.297. The Balaban J connectivity index is 0.00000243. The van der Waals surface area contributed by atoms with Crippen LogP contribution >= 0.6 is 24.0 Å². The molecule has 0 amide bonds. The standard InChI is InChI=1S/C20H31N3O2.HI/c1-21-20(23-14-17-5-3-4-6-18(17)15-23)22-13-16-7-9-19(10-8-16)25-12-11-24-2;/h7-10,17-18H,3-6,11-15H2,1-2H3,(H,21,22);1H. The Morgan fingerprint density at radius 3 is 2.35 bits per heavy atom. The summed E-state index contributed by atoms with van der Waals surface area (Å²) in [5.41, 5.74) is 1.23. The van der Waals surface area contributed by atoms with E-state index in [1.54, 1.807) is 7.11 Å². The van der Waals surface area contributed by atoms with Crippen molar-refractivity contribution in [1.29, 1.82) is 0 Å². The van der Waals surface area contributed by atoms with E-state index in [4.69, 9.17) is 9.47 Å². The highest BCUT2D eigenvalue weighted by molar-refractivity contribution is 14.0. The highest BCUT2D eigenvalue weighted by Gasteiger charge is 2.35. The van der Waals surface area contributed by atoms with E-state index in [-0.39, 0.29) is 24.0 Å². The van der Waals surface area contributed by atoms with Gasteiger partial charge in [-0.2, -0.15) is 0 Å². The molecule has 0 bridgehead atoms. The molecule has 1 heterocycles. The first-order valence-electron chi connectivity index (χ1n) is 9.46. The summed E-state index contributed by atoms with van der Waals surface area (Å²) in [4.78, 5) is 6.95. The lowest BCUT2D eigenvalue weighted by molar-refractivity contribution is 0.146. The second kappa shape index (κ2) is 11.0. The third-order valence-corrected chi connectivity index (χ3v) is 5.42. The van der Waals surface area contributed by atoms with Crippen molar-refractivity contribution in [1.82, 2.24) is 10.2 Å². The third kappa shape index (κ3) is 5.74. The van der Waals surface area contributed by atoms with Gasteiger partial charge in [-0.15, -0.1) is 24.0 Å². The average molecular weight is 473 g/mol. The molecule has 5 nitrogen and oxygen atoms in total. The third-order valence-electron chi connectivity index (χ3n) is 5.42. The fourth-order valence-electron chi connectivity index (χ4n) is 4.04. The van der Waals surface area contributed by atoms with Gasteiger partial charge in [-0.25, -0.2) is 0 Å². The van der Waals surface area contributed by atoms with Crippen molar-refractivity contribution in [2.45, 2.75) is 32.2 Å². The molecule has 0 spiro atoms. The Kier molecular flexibility index (Phi) is 8.98. The molecule has 146 valence electrons. The van der Waals surface area contributed by atoms with Gasteiger partial charge in [0.1, 0.15) is 12.4 Å². The van der Waals surface area contributed by atoms with Crippen LogP contribution in [0.5, 0.6) is 5.75 Å². The van der Waals surface area contributed by atoms with E-state index < -0.39 is 0 Å². The summed E-state index contributed by atoms with van der Waals surface area (Å²) in [7, 11) is 3.57. The van der Waals surface area contributed by atoms with E-state index in [9.17, 15) is 0 Å². The van der Waals surface area contributed by atoms with Crippen LogP contribution in [-0.4, -0.2) is 51.3 Å². The van der Waals surface area contributed by atoms with E-state index in [0.717, 1.165) is 43.2 Å². The number of ether oxygens (including phenoxy) is 2. The molecule has 2 unspecified atom stereocenters. The summed E-state index contributed by atoms with van der Waals surface area (Å²) in [5.74, 6) is 3.66. The highest BCUT2D eigenvalue weighted by Crippen LogP contribution is 2.35. The van der Waals surface area contributed by atoms with Crippen molar-refractivity contribution >= 4 is 29.9 Å². The van der Waals surface area contributed by atoms with Crippen molar-refractivity contribution in [3.8, 4) is 5.75 Å². The number of guanidine groups is 1. The second-order valence-electron chi connectivity index (χ2n) is 7.10. The molecule has 1 aliphatic heterocycles. The zero-order valence-electron chi connectivity index (χ0n) is 15.9. The first-order valence-corrected chi connectivity index (χ1v) is 9.46. The molecule has 2 aliphatic rings. The van der Waals surface area contributed by atoms with Crippen LogP contribution in [0.3, 0.4) is 0 Å². The van der Waals surface area contributed by atoms with E-state index in [1.165, 1.54) is 31.2 Å². The van der Waals surface area contributed by atoms with Crippen LogP contribution in [0.15, 0.2) is 29.3 Å². The van der Waals surface area contributed by atoms with Crippen molar-refractivity contribution in [2.24, 2.45) is 16.8 Å². The van der Waals surface area contributed by atoms with Crippen molar-refractivity contribution in [2.75, 3.05) is 40.5 Å². The summed E-state index contributed by atoms with van der Waals surface area (Å²) in [6.45, 7) is 4.31. The summed E-state index contributed by atoms with van der Waals surface area (Å²) >= 11 is 0. The Hall–Kier alpha value is -1.02. The molecule has 0 aromatic heterocycles. The zero-order chi connectivity index (χ0) is 17.5. The number of fused-ring (bicyclic) bond motifs is 1. The summed E-state index contributed by atoms with van der Waals surface area (Å²) in [6, 6.07) is 8.23. The molecule has 2 fully saturated rings. The number of rotatable bonds is 6. The molecule has 1 aliphatic carbocycles. The summed E-state index contributed by atoms with van der Waals surface area (Å²) < 4.78 is 10.6. The van der Waals surface area contributed by atoms with Gasteiger partial charge in [0, 0.05) is 33.8 Å². The van der Waals surface area contributed by atoms with Gasteiger partial charge in [-0.3, -0.25) is 4.99 Å². The molecule has 1 N–H and O–H groups in total. The van der Waals surface area contributed by atoms with Crippen LogP contribution in [0.25, 0.3) is 0 Å². The fraction of sp³-hybridized carbons (Fsp3) is 0.650. The van der Waals surface area contributed by atoms with Crippen molar-refractivity contribution in [3.05, 3.63) is 29.8 Å². The van der Waals surface area contributed by atoms with Gasteiger partial charge >= 0.3 is 0 Å². The van der Waals surface area contributed by atoms with Crippen LogP contribution in [0.1, 0.15) is 31.2 Å². The average Bonchev–Trinajstić information content (AvgIpc) is 3.07. The maximum Gasteiger partial charge on any atom is 0.193 e.